The van der Waals surface area contributed by atoms with Gasteiger partial charge in [0.25, 0.3) is 0 Å². The standard InChI is InChI=1S/C24H32N2/c1-15-11-17(3)23(18(4)12-15)25-21-9-7-8-10-22(21)26-24-19(5)13-16(2)14-20(24)6/h7-8,11-14,21-22,25-26H,9-10H2,1-6H3/t21-,22+. The lowest BCUT2D eigenvalue weighted by Gasteiger charge is -2.33. The molecule has 3 rings (SSSR count). The fraction of sp³-hybridized carbons (Fsp3) is 0.417. The predicted octanol–water partition coefficient (Wildman–Crippen LogP) is 6.15. The van der Waals surface area contributed by atoms with E-state index in [4.69, 9.17) is 0 Å². The van der Waals surface area contributed by atoms with Crippen LogP contribution in [-0.2, 0) is 0 Å². The highest BCUT2D eigenvalue weighted by atomic mass is 15.0. The number of anilines is 2. The molecule has 2 N–H and O–H groups in total. The Morgan fingerprint density at radius 3 is 1.19 bits per heavy atom. The zero-order chi connectivity index (χ0) is 18.8. The monoisotopic (exact) mass is 348 g/mol. The Bertz CT molecular complexity index is 717. The molecule has 2 heteroatoms. The minimum absolute atomic E-state index is 0.389. The van der Waals surface area contributed by atoms with E-state index in [1.165, 1.54) is 44.8 Å². The Hall–Kier alpha value is -2.22. The van der Waals surface area contributed by atoms with Crippen molar-refractivity contribution in [1.82, 2.24) is 0 Å². The van der Waals surface area contributed by atoms with E-state index in [0.717, 1.165) is 12.8 Å². The summed E-state index contributed by atoms with van der Waals surface area (Å²) in [5, 5.41) is 7.70. The van der Waals surface area contributed by atoms with E-state index in [1.807, 2.05) is 0 Å². The summed E-state index contributed by atoms with van der Waals surface area (Å²) in [5.74, 6) is 0. The summed E-state index contributed by atoms with van der Waals surface area (Å²) >= 11 is 0. The first kappa shape index (κ1) is 18.6. The van der Waals surface area contributed by atoms with Crippen LogP contribution in [0.3, 0.4) is 0 Å². The first-order valence-electron chi connectivity index (χ1n) is 9.69. The van der Waals surface area contributed by atoms with E-state index in [0.29, 0.717) is 12.1 Å². The molecular formula is C24H32N2. The van der Waals surface area contributed by atoms with E-state index in [-0.39, 0.29) is 0 Å². The minimum atomic E-state index is 0.389. The highest BCUT2D eigenvalue weighted by Crippen LogP contribution is 2.29. The van der Waals surface area contributed by atoms with Crippen LogP contribution in [0, 0.1) is 41.5 Å². The molecule has 0 bridgehead atoms. The van der Waals surface area contributed by atoms with Crippen LogP contribution in [0.15, 0.2) is 36.4 Å². The zero-order valence-corrected chi connectivity index (χ0v) is 17.0. The van der Waals surface area contributed by atoms with Gasteiger partial charge in [-0.15, -0.1) is 0 Å². The van der Waals surface area contributed by atoms with Gasteiger partial charge in [-0.25, -0.2) is 0 Å². The van der Waals surface area contributed by atoms with Gasteiger partial charge in [-0.3, -0.25) is 0 Å². The molecule has 0 radical (unpaired) electrons. The number of benzene rings is 2. The van der Waals surface area contributed by atoms with Crippen molar-refractivity contribution in [3.05, 3.63) is 69.8 Å². The fourth-order valence-electron chi connectivity index (χ4n) is 4.32. The van der Waals surface area contributed by atoms with Gasteiger partial charge in [-0.05, 0) is 76.6 Å². The fourth-order valence-corrected chi connectivity index (χ4v) is 4.32. The van der Waals surface area contributed by atoms with E-state index in [1.54, 1.807) is 0 Å². The molecule has 0 aromatic heterocycles. The normalized spacial score (nSPS) is 19.5. The molecule has 1 aliphatic rings. The Balaban J connectivity index is 1.85. The van der Waals surface area contributed by atoms with E-state index >= 15 is 0 Å². The maximum absolute atomic E-state index is 3.85. The van der Waals surface area contributed by atoms with Gasteiger partial charge < -0.3 is 10.6 Å². The molecular weight excluding hydrogens is 316 g/mol. The van der Waals surface area contributed by atoms with E-state index in [9.17, 15) is 0 Å². The van der Waals surface area contributed by atoms with Crippen LogP contribution >= 0.6 is 0 Å². The first-order chi connectivity index (χ1) is 12.3. The molecule has 26 heavy (non-hydrogen) atoms. The van der Waals surface area contributed by atoms with Crippen molar-refractivity contribution >= 4 is 11.4 Å². The largest absolute Gasteiger partial charge is 0.379 e. The van der Waals surface area contributed by atoms with Gasteiger partial charge in [0.2, 0.25) is 0 Å². The Morgan fingerprint density at radius 2 is 0.885 bits per heavy atom. The van der Waals surface area contributed by atoms with Crippen LogP contribution in [0.25, 0.3) is 0 Å². The van der Waals surface area contributed by atoms with Crippen LogP contribution in [0.4, 0.5) is 11.4 Å². The van der Waals surface area contributed by atoms with E-state index in [2.05, 4.69) is 88.6 Å². The van der Waals surface area contributed by atoms with Crippen LogP contribution < -0.4 is 10.6 Å². The van der Waals surface area contributed by atoms with Crippen molar-refractivity contribution in [2.24, 2.45) is 0 Å². The molecule has 0 aliphatic heterocycles. The van der Waals surface area contributed by atoms with Crippen molar-refractivity contribution in [3.63, 3.8) is 0 Å². The first-order valence-corrected chi connectivity index (χ1v) is 9.69. The average Bonchev–Trinajstić information content (AvgIpc) is 2.55. The van der Waals surface area contributed by atoms with Crippen molar-refractivity contribution in [3.8, 4) is 0 Å². The number of nitrogens with one attached hydrogen (secondary N) is 2. The molecule has 0 spiro atoms. The molecule has 138 valence electrons. The van der Waals surface area contributed by atoms with Crippen LogP contribution in [0.1, 0.15) is 46.2 Å². The van der Waals surface area contributed by atoms with Gasteiger partial charge >= 0.3 is 0 Å². The number of aryl methyl sites for hydroxylation is 6. The summed E-state index contributed by atoms with van der Waals surface area (Å²) in [7, 11) is 0. The van der Waals surface area contributed by atoms with Crippen molar-refractivity contribution in [2.75, 3.05) is 10.6 Å². The highest BCUT2D eigenvalue weighted by Gasteiger charge is 2.24. The lowest BCUT2D eigenvalue weighted by Crippen LogP contribution is -2.41. The quantitative estimate of drug-likeness (QED) is 0.648. The summed E-state index contributed by atoms with van der Waals surface area (Å²) in [6.07, 6.45) is 6.72. The smallest absolute Gasteiger partial charge is 0.0500 e. The lowest BCUT2D eigenvalue weighted by molar-refractivity contribution is 0.575. The molecule has 2 aromatic carbocycles. The Kier molecular flexibility index (Phi) is 5.41. The second-order valence-corrected chi connectivity index (χ2v) is 7.99. The SMILES string of the molecule is Cc1cc(C)c(N[C@H]2CC=CC[C@H]2Nc2c(C)cc(C)cc2C)c(C)c1. The van der Waals surface area contributed by atoms with Gasteiger partial charge in [0.15, 0.2) is 0 Å². The Morgan fingerprint density at radius 1 is 0.577 bits per heavy atom. The van der Waals surface area contributed by atoms with Crippen molar-refractivity contribution in [1.29, 1.82) is 0 Å². The van der Waals surface area contributed by atoms with Gasteiger partial charge in [-0.1, -0.05) is 47.5 Å². The molecule has 0 amide bonds. The van der Waals surface area contributed by atoms with Gasteiger partial charge in [-0.2, -0.15) is 0 Å². The number of hydrogen-bond acceptors (Lipinski definition) is 2. The molecule has 0 saturated carbocycles. The van der Waals surface area contributed by atoms with Crippen LogP contribution in [-0.4, -0.2) is 12.1 Å². The topological polar surface area (TPSA) is 24.1 Å². The van der Waals surface area contributed by atoms with Crippen LogP contribution in [0.2, 0.25) is 0 Å². The van der Waals surface area contributed by atoms with Crippen molar-refractivity contribution in [2.45, 2.75) is 66.5 Å². The van der Waals surface area contributed by atoms with Crippen LogP contribution in [0.5, 0.6) is 0 Å². The van der Waals surface area contributed by atoms with Gasteiger partial charge in [0, 0.05) is 23.5 Å². The third kappa shape index (κ3) is 3.95. The minimum Gasteiger partial charge on any atom is -0.379 e. The van der Waals surface area contributed by atoms with Gasteiger partial charge in [0.1, 0.15) is 0 Å². The second kappa shape index (κ2) is 7.57. The lowest BCUT2D eigenvalue weighted by atomic mass is 9.93. The summed E-state index contributed by atoms with van der Waals surface area (Å²) in [6, 6.07) is 9.85. The summed E-state index contributed by atoms with van der Waals surface area (Å²) in [4.78, 5) is 0. The average molecular weight is 349 g/mol. The maximum Gasteiger partial charge on any atom is 0.0500 e. The van der Waals surface area contributed by atoms with E-state index < -0.39 is 0 Å². The number of rotatable bonds is 4. The molecule has 2 nitrogen and oxygen atoms in total. The summed E-state index contributed by atoms with van der Waals surface area (Å²) in [6.45, 7) is 13.2. The third-order valence-corrected chi connectivity index (χ3v) is 5.45. The molecule has 0 fully saturated rings. The summed E-state index contributed by atoms with van der Waals surface area (Å²) in [5.41, 5.74) is 10.6. The molecule has 2 aromatic rings. The summed E-state index contributed by atoms with van der Waals surface area (Å²) < 4.78 is 0. The highest BCUT2D eigenvalue weighted by molar-refractivity contribution is 5.61. The molecule has 0 unspecified atom stereocenters. The predicted molar refractivity (Wildman–Crippen MR) is 115 cm³/mol. The molecule has 0 heterocycles. The van der Waals surface area contributed by atoms with Gasteiger partial charge in [0.05, 0.1) is 0 Å². The molecule has 2 atom stereocenters. The third-order valence-electron chi connectivity index (χ3n) is 5.45. The number of hydrogen-bond donors (Lipinski definition) is 2. The van der Waals surface area contributed by atoms with Crippen molar-refractivity contribution < 1.29 is 0 Å². The Labute approximate surface area is 158 Å². The zero-order valence-electron chi connectivity index (χ0n) is 17.0. The molecule has 1 aliphatic carbocycles. The second-order valence-electron chi connectivity index (χ2n) is 7.99. The maximum atomic E-state index is 3.85. The molecule has 0 saturated heterocycles.